The Hall–Kier alpha value is -4.46. The van der Waals surface area contributed by atoms with Crippen LogP contribution >= 0.6 is 0 Å². The number of amides is 1. The highest BCUT2D eigenvalue weighted by Gasteiger charge is 2.09. The van der Waals surface area contributed by atoms with Gasteiger partial charge in [-0.15, -0.1) is 0 Å². The van der Waals surface area contributed by atoms with Gasteiger partial charge >= 0.3 is 0 Å². The maximum absolute atomic E-state index is 13.4. The molecule has 2 aromatic carbocycles. The number of rotatable bonds is 6. The molecule has 3 aromatic rings. The fourth-order valence-corrected chi connectivity index (χ4v) is 2.93. The quantitative estimate of drug-likeness (QED) is 0.135. The summed E-state index contributed by atoms with van der Waals surface area (Å²) in [7, 11) is 0. The monoisotopic (exact) mass is 432 g/mol. The number of nitrogen functional groups attached to an aromatic ring is 1. The van der Waals surface area contributed by atoms with Crippen LogP contribution in [0.2, 0.25) is 0 Å². The largest absolute Gasteiger partial charge is 0.506 e. The molecule has 162 valence electrons. The molecule has 0 saturated heterocycles. The molecule has 0 bridgehead atoms. The van der Waals surface area contributed by atoms with Gasteiger partial charge in [-0.3, -0.25) is 14.2 Å². The lowest BCUT2D eigenvalue weighted by molar-refractivity contribution is 0.0952. The zero-order valence-electron chi connectivity index (χ0n) is 17.2. The van der Waals surface area contributed by atoms with Crippen LogP contribution in [0.25, 0.3) is 10.9 Å². The Morgan fingerprint density at radius 3 is 2.75 bits per heavy atom. The number of benzene rings is 2. The lowest BCUT2D eigenvalue weighted by atomic mass is 10.1. The smallest absolute Gasteiger partial charge is 0.271 e. The molecule has 3 rings (SSSR count). The maximum atomic E-state index is 13.4. The Morgan fingerprint density at radius 1 is 1.19 bits per heavy atom. The van der Waals surface area contributed by atoms with E-state index >= 15 is 0 Å². The van der Waals surface area contributed by atoms with Gasteiger partial charge in [0.1, 0.15) is 11.6 Å². The molecule has 7 nitrogen and oxygen atoms in total. The Morgan fingerprint density at radius 2 is 2.00 bits per heavy atom. The molecule has 0 atom stereocenters. The van der Waals surface area contributed by atoms with Gasteiger partial charge in [-0.2, -0.15) is 5.10 Å². The van der Waals surface area contributed by atoms with Gasteiger partial charge in [0.25, 0.3) is 11.8 Å². The van der Waals surface area contributed by atoms with Crippen molar-refractivity contribution in [2.75, 3.05) is 5.73 Å². The highest BCUT2D eigenvalue weighted by molar-refractivity contribution is 6.04. The van der Waals surface area contributed by atoms with E-state index in [2.05, 4.69) is 10.5 Å². The summed E-state index contributed by atoms with van der Waals surface area (Å²) in [6, 6.07) is 11.2. The number of halogens is 1. The van der Waals surface area contributed by atoms with Crippen LogP contribution < -0.4 is 11.2 Å². The molecule has 0 aliphatic heterocycles. The van der Waals surface area contributed by atoms with Gasteiger partial charge in [0.2, 0.25) is 0 Å². The summed E-state index contributed by atoms with van der Waals surface area (Å²) in [4.78, 5) is 24.7. The lowest BCUT2D eigenvalue weighted by Gasteiger charge is -2.03. The topological polar surface area (TPSA) is 110 Å². The number of hydrogen-bond donors (Lipinski definition) is 3. The first-order valence-electron chi connectivity index (χ1n) is 9.63. The first-order valence-corrected chi connectivity index (χ1v) is 9.63. The van der Waals surface area contributed by atoms with Crippen molar-refractivity contribution < 1.29 is 19.1 Å². The molecular weight excluding hydrogens is 411 g/mol. The fourth-order valence-electron chi connectivity index (χ4n) is 2.93. The molecule has 1 aromatic heterocycles. The van der Waals surface area contributed by atoms with Crippen LogP contribution in [0.4, 0.5) is 10.1 Å². The van der Waals surface area contributed by atoms with Gasteiger partial charge in [-0.25, -0.2) is 9.82 Å². The third-order valence-corrected chi connectivity index (χ3v) is 4.48. The molecule has 0 saturated carbocycles. The molecule has 0 fully saturated rings. The van der Waals surface area contributed by atoms with E-state index < -0.39 is 11.7 Å². The van der Waals surface area contributed by atoms with Crippen LogP contribution in [0.15, 0.2) is 90.0 Å². The van der Waals surface area contributed by atoms with E-state index in [4.69, 9.17) is 5.73 Å². The molecule has 1 amide bonds. The summed E-state index contributed by atoms with van der Waals surface area (Å²) >= 11 is 0. The second-order valence-electron chi connectivity index (χ2n) is 6.69. The second-order valence-corrected chi connectivity index (χ2v) is 6.69. The van der Waals surface area contributed by atoms with Crippen LogP contribution in [-0.4, -0.2) is 27.7 Å². The fraction of sp³-hybridized carbons (Fsp3) is 0.0417. The van der Waals surface area contributed by atoms with E-state index in [1.54, 1.807) is 43.5 Å². The zero-order valence-corrected chi connectivity index (χ0v) is 17.2. The Labute approximate surface area is 183 Å². The van der Waals surface area contributed by atoms with Crippen LogP contribution in [0.1, 0.15) is 27.6 Å². The molecule has 0 aliphatic carbocycles. The minimum Gasteiger partial charge on any atom is -0.506 e. The number of anilines is 1. The highest BCUT2D eigenvalue weighted by Crippen LogP contribution is 2.21. The predicted molar refractivity (Wildman–Crippen MR) is 123 cm³/mol. The number of hydrogen-bond acceptors (Lipinski definition) is 5. The summed E-state index contributed by atoms with van der Waals surface area (Å²) in [5, 5.41) is 14.2. The number of nitrogens with two attached hydrogens (primary N) is 1. The van der Waals surface area contributed by atoms with E-state index in [-0.39, 0.29) is 22.9 Å². The van der Waals surface area contributed by atoms with Gasteiger partial charge in [-0.1, -0.05) is 24.3 Å². The maximum Gasteiger partial charge on any atom is 0.271 e. The van der Waals surface area contributed by atoms with Crippen molar-refractivity contribution in [2.24, 2.45) is 5.10 Å². The van der Waals surface area contributed by atoms with Crippen molar-refractivity contribution in [3.63, 3.8) is 0 Å². The number of hydrazone groups is 1. The number of phenolic OH excluding ortho intramolecular Hbond substituents is 1. The Bertz CT molecular complexity index is 1290. The van der Waals surface area contributed by atoms with Crippen molar-refractivity contribution in [1.29, 1.82) is 0 Å². The average molecular weight is 432 g/mol. The lowest BCUT2D eigenvalue weighted by Crippen LogP contribution is -2.17. The number of aromatic nitrogens is 1. The number of nitrogens with zero attached hydrogens (tertiary/aromatic N) is 2. The third kappa shape index (κ3) is 5.17. The van der Waals surface area contributed by atoms with Crippen LogP contribution in [-0.2, 0) is 0 Å². The highest BCUT2D eigenvalue weighted by atomic mass is 19.1. The Balaban J connectivity index is 1.76. The Kier molecular flexibility index (Phi) is 6.97. The molecule has 0 spiro atoms. The summed E-state index contributed by atoms with van der Waals surface area (Å²) in [6.07, 6.45) is 9.75. The summed E-state index contributed by atoms with van der Waals surface area (Å²) < 4.78 is 14.8. The summed E-state index contributed by atoms with van der Waals surface area (Å²) in [5.41, 5.74) is 9.66. The van der Waals surface area contributed by atoms with E-state index in [1.165, 1.54) is 53.3 Å². The number of fused-ring (bicyclic) bond motifs is 1. The average Bonchev–Trinajstić information content (AvgIpc) is 3.21. The standard InChI is InChI=1S/C24H21FN4O3/c1-2-5-18(25)7-4-9-23(31)29-13-12-19-17(6-3-8-21(19)29)15-27-28-24(32)16-10-11-22(30)20(26)14-16/h2-15,30H,26H2,1H3,(H,28,32)/b5-2-,9-4+,18-7+,27-15+. The summed E-state index contributed by atoms with van der Waals surface area (Å²) in [6.45, 7) is 1.70. The van der Waals surface area contributed by atoms with Crippen molar-refractivity contribution in [3.05, 3.63) is 96.0 Å². The molecule has 32 heavy (non-hydrogen) atoms. The number of allylic oxidation sites excluding steroid dienone is 6. The van der Waals surface area contributed by atoms with Gasteiger partial charge in [0.15, 0.2) is 0 Å². The third-order valence-electron chi connectivity index (χ3n) is 4.48. The molecule has 0 aliphatic rings. The second kappa shape index (κ2) is 10.0. The predicted octanol–water partition coefficient (Wildman–Crippen LogP) is 4.32. The first-order chi connectivity index (χ1) is 15.4. The number of carbonyl (C=O) groups is 2. The molecule has 0 unspecified atom stereocenters. The number of carbonyl (C=O) groups excluding carboxylic acids is 2. The first kappa shape index (κ1) is 22.2. The summed E-state index contributed by atoms with van der Waals surface area (Å²) in [5.74, 6) is -1.39. The van der Waals surface area contributed by atoms with Crippen molar-refractivity contribution in [3.8, 4) is 5.75 Å². The van der Waals surface area contributed by atoms with Crippen LogP contribution in [0, 0.1) is 0 Å². The van der Waals surface area contributed by atoms with Gasteiger partial charge in [0.05, 0.1) is 17.4 Å². The molecule has 8 heteroatoms. The van der Waals surface area contributed by atoms with Crippen LogP contribution in [0.3, 0.4) is 0 Å². The number of nitrogens with one attached hydrogen (secondary N) is 1. The number of aromatic hydroxyl groups is 1. The zero-order chi connectivity index (χ0) is 23.1. The molecule has 0 radical (unpaired) electrons. The molecular formula is C24H21FN4O3. The van der Waals surface area contributed by atoms with E-state index in [9.17, 15) is 19.1 Å². The van der Waals surface area contributed by atoms with Gasteiger partial charge in [-0.05, 0) is 49.4 Å². The minimum atomic E-state index is -0.490. The van der Waals surface area contributed by atoms with Crippen molar-refractivity contribution in [2.45, 2.75) is 6.92 Å². The normalized spacial score (nSPS) is 12.4. The van der Waals surface area contributed by atoms with Gasteiger partial charge in [0, 0.05) is 28.8 Å². The SMILES string of the molecule is C\C=C/C(F)=C\C=C\C(=O)n1ccc2c(/C=N/NC(=O)c3ccc(O)c(N)c3)cccc21. The van der Waals surface area contributed by atoms with Crippen molar-refractivity contribution >= 4 is 34.6 Å². The number of phenols is 1. The van der Waals surface area contributed by atoms with E-state index in [1.807, 2.05) is 0 Å². The van der Waals surface area contributed by atoms with Gasteiger partial charge < -0.3 is 10.8 Å². The van der Waals surface area contributed by atoms with E-state index in [0.29, 0.717) is 11.1 Å². The molecule has 4 N–H and O–H groups in total. The van der Waals surface area contributed by atoms with E-state index in [0.717, 1.165) is 5.39 Å². The van der Waals surface area contributed by atoms with Crippen LogP contribution in [0.5, 0.6) is 5.75 Å². The minimum absolute atomic E-state index is 0.0894. The molecule has 1 heterocycles. The van der Waals surface area contributed by atoms with Crippen molar-refractivity contribution in [1.82, 2.24) is 9.99 Å².